The highest BCUT2D eigenvalue weighted by molar-refractivity contribution is 9.08. The van der Waals surface area contributed by atoms with E-state index >= 15 is 0 Å². The highest BCUT2D eigenvalue weighted by Crippen LogP contribution is 2.23. The minimum atomic E-state index is 0.0629. The third kappa shape index (κ3) is 2.06. The molecule has 0 aliphatic rings. The van der Waals surface area contributed by atoms with E-state index in [4.69, 9.17) is 4.42 Å². The maximum atomic E-state index is 5.44. The van der Waals surface area contributed by atoms with Crippen molar-refractivity contribution in [3.63, 3.8) is 0 Å². The van der Waals surface area contributed by atoms with E-state index in [0.29, 0.717) is 5.33 Å². The Morgan fingerprint density at radius 2 is 2.18 bits per heavy atom. The van der Waals surface area contributed by atoms with Gasteiger partial charge in [-0.2, -0.15) is 0 Å². The minimum absolute atomic E-state index is 0.0629. The lowest BCUT2D eigenvalue weighted by Crippen LogP contribution is -2.09. The summed E-state index contributed by atoms with van der Waals surface area (Å²) in [7, 11) is 0. The molecule has 1 aromatic heterocycles. The van der Waals surface area contributed by atoms with Gasteiger partial charge >= 0.3 is 0 Å². The van der Waals surface area contributed by atoms with Crippen molar-refractivity contribution in [1.82, 2.24) is 4.98 Å². The topological polar surface area (TPSA) is 26.0 Å². The van der Waals surface area contributed by atoms with E-state index < -0.39 is 0 Å². The second-order valence-corrected chi connectivity index (χ2v) is 4.06. The zero-order chi connectivity index (χ0) is 8.48. The predicted molar refractivity (Wildman–Crippen MR) is 47.8 cm³/mol. The fourth-order valence-electron chi connectivity index (χ4n) is 0.719. The van der Waals surface area contributed by atoms with Crippen LogP contribution in [0.2, 0.25) is 0 Å². The number of alkyl halides is 1. The number of nitrogens with zero attached hydrogens (tertiary/aromatic N) is 1. The summed E-state index contributed by atoms with van der Waals surface area (Å²) in [5.74, 6) is 1.68. The smallest absolute Gasteiger partial charge is 0.205 e. The summed E-state index contributed by atoms with van der Waals surface area (Å²) in [5.41, 5.74) is 0.0629. The molecule has 0 aliphatic carbocycles. The molecule has 1 aromatic rings. The molecule has 0 amide bonds. The zero-order valence-electron chi connectivity index (χ0n) is 7.02. The van der Waals surface area contributed by atoms with Crippen LogP contribution < -0.4 is 0 Å². The molecule has 62 valence electrons. The Morgan fingerprint density at radius 1 is 1.55 bits per heavy atom. The van der Waals surface area contributed by atoms with Gasteiger partial charge in [0, 0.05) is 5.41 Å². The summed E-state index contributed by atoms with van der Waals surface area (Å²) < 4.78 is 5.44. The fraction of sp³-hybridized carbons (Fsp3) is 0.625. The van der Waals surface area contributed by atoms with E-state index in [-0.39, 0.29) is 5.41 Å². The van der Waals surface area contributed by atoms with Crippen molar-refractivity contribution < 1.29 is 4.42 Å². The van der Waals surface area contributed by atoms with E-state index in [9.17, 15) is 0 Å². The maximum Gasteiger partial charge on any atom is 0.205 e. The minimum Gasteiger partial charge on any atom is -0.444 e. The molecule has 11 heavy (non-hydrogen) atoms. The normalized spacial score (nSPS) is 12.0. The molecule has 0 aliphatic heterocycles. The van der Waals surface area contributed by atoms with Crippen molar-refractivity contribution in [3.8, 4) is 0 Å². The first kappa shape index (κ1) is 8.78. The molecule has 0 unspecified atom stereocenters. The Bertz CT molecular complexity index is 236. The molecule has 0 atom stereocenters. The van der Waals surface area contributed by atoms with Gasteiger partial charge in [0.05, 0.1) is 11.5 Å². The Labute approximate surface area is 75.1 Å². The molecule has 0 spiro atoms. The average Bonchev–Trinajstić information content (AvgIpc) is 2.32. The Hall–Kier alpha value is -0.310. The highest BCUT2D eigenvalue weighted by atomic mass is 79.9. The molecular formula is C8H12BrNO. The molecule has 2 nitrogen and oxygen atoms in total. The molecule has 0 fully saturated rings. The number of rotatable bonds is 1. The van der Waals surface area contributed by atoms with Crippen LogP contribution in [-0.4, -0.2) is 4.98 Å². The van der Waals surface area contributed by atoms with Crippen LogP contribution in [0.15, 0.2) is 10.6 Å². The van der Waals surface area contributed by atoms with Gasteiger partial charge in [0.1, 0.15) is 5.76 Å². The van der Waals surface area contributed by atoms with Crippen LogP contribution in [0.3, 0.4) is 0 Å². The second kappa shape index (κ2) is 2.97. The summed E-state index contributed by atoms with van der Waals surface area (Å²) in [5, 5.41) is 0.684. The molecule has 0 bridgehead atoms. The van der Waals surface area contributed by atoms with Gasteiger partial charge in [0.15, 0.2) is 0 Å². The van der Waals surface area contributed by atoms with Crippen molar-refractivity contribution in [3.05, 3.63) is 17.8 Å². The zero-order valence-corrected chi connectivity index (χ0v) is 8.60. The summed E-state index contributed by atoms with van der Waals surface area (Å²) in [6, 6.07) is 0. The molecule has 1 rings (SSSR count). The second-order valence-electron chi connectivity index (χ2n) is 3.50. The van der Waals surface area contributed by atoms with Gasteiger partial charge < -0.3 is 4.42 Å². The number of oxazole rings is 1. The van der Waals surface area contributed by atoms with Gasteiger partial charge in [-0.1, -0.05) is 36.7 Å². The molecule has 0 saturated carbocycles. The number of aromatic nitrogens is 1. The third-order valence-electron chi connectivity index (χ3n) is 1.41. The van der Waals surface area contributed by atoms with Crippen molar-refractivity contribution in [1.29, 1.82) is 0 Å². The maximum absolute atomic E-state index is 5.44. The molecule has 3 heteroatoms. The average molecular weight is 218 g/mol. The first-order chi connectivity index (χ1) is 5.04. The van der Waals surface area contributed by atoms with Crippen LogP contribution in [-0.2, 0) is 10.7 Å². The fourth-order valence-corrected chi connectivity index (χ4v) is 0.978. The monoisotopic (exact) mass is 217 g/mol. The van der Waals surface area contributed by atoms with Crippen LogP contribution in [0, 0.1) is 0 Å². The van der Waals surface area contributed by atoms with Crippen molar-refractivity contribution in [2.24, 2.45) is 0 Å². The lowest BCUT2D eigenvalue weighted by molar-refractivity contribution is 0.391. The largest absolute Gasteiger partial charge is 0.444 e. The summed E-state index contributed by atoms with van der Waals surface area (Å²) in [4.78, 5) is 4.09. The summed E-state index contributed by atoms with van der Waals surface area (Å²) in [6.45, 7) is 6.31. The van der Waals surface area contributed by atoms with E-state index in [1.807, 2.05) is 0 Å². The van der Waals surface area contributed by atoms with E-state index in [1.54, 1.807) is 6.20 Å². The van der Waals surface area contributed by atoms with Gasteiger partial charge in [0.2, 0.25) is 5.89 Å². The van der Waals surface area contributed by atoms with Crippen LogP contribution in [0.4, 0.5) is 0 Å². The molecule has 1 heterocycles. The number of hydrogen-bond donors (Lipinski definition) is 0. The predicted octanol–water partition coefficient (Wildman–Crippen LogP) is 2.87. The lowest BCUT2D eigenvalue weighted by atomic mass is 9.94. The third-order valence-corrected chi connectivity index (χ3v) is 1.89. The standard InChI is InChI=1S/C8H12BrNO/c1-8(2,3)6-5-10-7(4-9)11-6/h5H,4H2,1-3H3. The van der Waals surface area contributed by atoms with Gasteiger partial charge in [-0.15, -0.1) is 0 Å². The van der Waals surface area contributed by atoms with Gasteiger partial charge in [-0.05, 0) is 0 Å². The van der Waals surface area contributed by atoms with Crippen LogP contribution in [0.1, 0.15) is 32.4 Å². The van der Waals surface area contributed by atoms with Crippen LogP contribution >= 0.6 is 15.9 Å². The quantitative estimate of drug-likeness (QED) is 0.677. The van der Waals surface area contributed by atoms with E-state index in [1.165, 1.54) is 0 Å². The lowest BCUT2D eigenvalue weighted by Gasteiger charge is -2.12. The molecule has 0 N–H and O–H groups in total. The Morgan fingerprint density at radius 3 is 2.45 bits per heavy atom. The summed E-state index contributed by atoms with van der Waals surface area (Å²) in [6.07, 6.45) is 1.79. The molecular weight excluding hydrogens is 206 g/mol. The van der Waals surface area contributed by atoms with E-state index in [2.05, 4.69) is 41.7 Å². The van der Waals surface area contributed by atoms with Gasteiger partial charge in [0.25, 0.3) is 0 Å². The van der Waals surface area contributed by atoms with Crippen molar-refractivity contribution in [2.45, 2.75) is 31.5 Å². The van der Waals surface area contributed by atoms with Gasteiger partial charge in [-0.25, -0.2) is 4.98 Å². The number of hydrogen-bond acceptors (Lipinski definition) is 2. The molecule has 0 aromatic carbocycles. The van der Waals surface area contributed by atoms with Crippen molar-refractivity contribution >= 4 is 15.9 Å². The summed E-state index contributed by atoms with van der Waals surface area (Å²) >= 11 is 3.28. The van der Waals surface area contributed by atoms with Crippen molar-refractivity contribution in [2.75, 3.05) is 0 Å². The van der Waals surface area contributed by atoms with E-state index in [0.717, 1.165) is 11.7 Å². The SMILES string of the molecule is CC(C)(C)c1cnc(CBr)o1. The van der Waals surface area contributed by atoms with Crippen LogP contribution in [0.25, 0.3) is 0 Å². The first-order valence-corrected chi connectivity index (χ1v) is 4.67. The highest BCUT2D eigenvalue weighted by Gasteiger charge is 2.18. The molecule has 0 radical (unpaired) electrons. The first-order valence-electron chi connectivity index (χ1n) is 3.55. The van der Waals surface area contributed by atoms with Gasteiger partial charge in [-0.3, -0.25) is 0 Å². The van der Waals surface area contributed by atoms with Crippen LogP contribution in [0.5, 0.6) is 0 Å². The number of halogens is 1. The Balaban J connectivity index is 2.89. The molecule has 0 saturated heterocycles. The Kier molecular flexibility index (Phi) is 2.37.